The van der Waals surface area contributed by atoms with Crippen molar-refractivity contribution >= 4 is 45.4 Å². The first kappa shape index (κ1) is 20.8. The Bertz CT molecular complexity index is 1070. The summed E-state index contributed by atoms with van der Waals surface area (Å²) in [7, 11) is 0. The number of carbonyl (C=O) groups is 1. The average molecular weight is 443 g/mol. The number of aryl methyl sites for hydroxylation is 1. The molecule has 0 spiro atoms. The molecule has 1 aliphatic rings. The number of thiazole rings is 1. The van der Waals surface area contributed by atoms with Crippen LogP contribution in [0.3, 0.4) is 0 Å². The third-order valence-electron chi connectivity index (χ3n) is 5.00. The van der Waals surface area contributed by atoms with E-state index in [2.05, 4.69) is 25.6 Å². The van der Waals surface area contributed by atoms with Crippen LogP contribution in [0.1, 0.15) is 21.7 Å². The molecule has 1 aliphatic heterocycles. The summed E-state index contributed by atoms with van der Waals surface area (Å²) in [6, 6.07) is 4.69. The number of carbonyl (C=O) groups excluding carboxylic acids is 1. The van der Waals surface area contributed by atoms with Crippen molar-refractivity contribution in [1.29, 1.82) is 0 Å². The lowest BCUT2D eigenvalue weighted by molar-refractivity contribution is 0.100. The van der Waals surface area contributed by atoms with Gasteiger partial charge in [-0.2, -0.15) is 0 Å². The fourth-order valence-corrected chi connectivity index (χ4v) is 4.09. The van der Waals surface area contributed by atoms with Gasteiger partial charge in [0.2, 0.25) is 0 Å². The minimum Gasteiger partial charge on any atom is -0.397 e. The smallest absolute Gasteiger partial charge is 0.252 e. The highest BCUT2D eigenvalue weighted by Crippen LogP contribution is 2.28. The molecule has 11 heteroatoms. The molecule has 6 N–H and O–H groups in total. The molecule has 0 bridgehead atoms. The van der Waals surface area contributed by atoms with E-state index in [0.29, 0.717) is 41.1 Å². The Hall–Kier alpha value is -3.47. The van der Waals surface area contributed by atoms with Crippen LogP contribution in [0.5, 0.6) is 0 Å². The number of nitrogens with zero attached hydrogens (tertiary/aromatic N) is 4. The van der Waals surface area contributed by atoms with Crippen LogP contribution in [0, 0.1) is 6.92 Å². The summed E-state index contributed by atoms with van der Waals surface area (Å²) < 4.78 is 15.0. The predicted molar refractivity (Wildman–Crippen MR) is 121 cm³/mol. The van der Waals surface area contributed by atoms with Gasteiger partial charge in [0.15, 0.2) is 5.13 Å². The number of rotatable bonds is 6. The second kappa shape index (κ2) is 8.72. The number of primary amides is 1. The fraction of sp³-hybridized carbons (Fsp3) is 0.300. The lowest BCUT2D eigenvalue weighted by Gasteiger charge is -2.36. The maximum atomic E-state index is 15.0. The molecule has 4 rings (SSSR count). The van der Waals surface area contributed by atoms with Crippen molar-refractivity contribution in [1.82, 2.24) is 15.0 Å². The molecule has 1 fully saturated rings. The first-order chi connectivity index (χ1) is 14.9. The van der Waals surface area contributed by atoms with Crippen LogP contribution in [0.4, 0.5) is 32.5 Å². The minimum absolute atomic E-state index is 0.176. The molecule has 0 radical (unpaired) electrons. The molecule has 0 saturated carbocycles. The number of nitrogen functional groups attached to an aromatic ring is 1. The highest BCUT2D eigenvalue weighted by atomic mass is 32.1. The van der Waals surface area contributed by atoms with Crippen LogP contribution >= 0.6 is 11.3 Å². The highest BCUT2D eigenvalue weighted by Gasteiger charge is 2.30. The predicted octanol–water partition coefficient (Wildman–Crippen LogP) is 2.70. The van der Waals surface area contributed by atoms with Gasteiger partial charge in [-0.25, -0.2) is 19.3 Å². The molecule has 1 saturated heterocycles. The Morgan fingerprint density at radius 3 is 2.74 bits per heavy atom. The Labute approximate surface area is 182 Å². The fourth-order valence-electron chi connectivity index (χ4n) is 3.42. The number of halogens is 1. The topological polar surface area (TPSA) is 135 Å². The van der Waals surface area contributed by atoms with Gasteiger partial charge in [0.05, 0.1) is 35.7 Å². The van der Waals surface area contributed by atoms with Crippen LogP contribution in [-0.4, -0.2) is 46.2 Å². The number of alkyl halides is 1. The van der Waals surface area contributed by atoms with Gasteiger partial charge in [-0.05, 0) is 25.5 Å². The first-order valence-electron chi connectivity index (χ1n) is 9.75. The average Bonchev–Trinajstić information content (AvgIpc) is 3.14. The highest BCUT2D eigenvalue weighted by molar-refractivity contribution is 7.15. The molecule has 9 nitrogen and oxygen atoms in total. The van der Waals surface area contributed by atoms with Gasteiger partial charge < -0.3 is 27.0 Å². The van der Waals surface area contributed by atoms with Gasteiger partial charge >= 0.3 is 0 Å². The number of nitrogens with two attached hydrogens (primary N) is 2. The zero-order chi connectivity index (χ0) is 22.0. The summed E-state index contributed by atoms with van der Waals surface area (Å²) in [5.41, 5.74) is 12.4. The van der Waals surface area contributed by atoms with Crippen molar-refractivity contribution < 1.29 is 9.18 Å². The normalized spacial score (nSPS) is 18.6. The Morgan fingerprint density at radius 1 is 1.26 bits per heavy atom. The summed E-state index contributed by atoms with van der Waals surface area (Å²) >= 11 is 1.48. The SMILES string of the molecule is Cc1cnc(Nc2cc(N[C@@H]3CCN(c4ccc(N)cn4)C[C@@H]3F)c(C(N)=O)cn2)s1. The summed E-state index contributed by atoms with van der Waals surface area (Å²) in [5.74, 6) is 0.536. The van der Waals surface area contributed by atoms with Gasteiger partial charge in [-0.3, -0.25) is 4.79 Å². The Morgan fingerprint density at radius 2 is 2.10 bits per heavy atom. The molecule has 0 unspecified atom stereocenters. The molecular formula is C20H23FN8OS. The van der Waals surface area contributed by atoms with Crippen molar-refractivity contribution in [3.63, 3.8) is 0 Å². The summed E-state index contributed by atoms with van der Waals surface area (Å²) in [4.78, 5) is 27.5. The number of piperidine rings is 1. The maximum Gasteiger partial charge on any atom is 0.252 e. The van der Waals surface area contributed by atoms with E-state index in [1.807, 2.05) is 11.8 Å². The third-order valence-corrected chi connectivity index (χ3v) is 5.83. The number of aromatic nitrogens is 3. The molecule has 2 atom stereocenters. The summed E-state index contributed by atoms with van der Waals surface area (Å²) in [5, 5.41) is 6.93. The van der Waals surface area contributed by atoms with Crippen LogP contribution in [-0.2, 0) is 0 Å². The minimum atomic E-state index is -1.18. The van der Waals surface area contributed by atoms with E-state index < -0.39 is 18.1 Å². The summed E-state index contributed by atoms with van der Waals surface area (Å²) in [6.45, 7) is 2.73. The quantitative estimate of drug-likeness (QED) is 0.458. The lowest BCUT2D eigenvalue weighted by atomic mass is 10.0. The molecule has 4 heterocycles. The molecule has 3 aromatic rings. The molecule has 3 aromatic heterocycles. The van der Waals surface area contributed by atoms with Gasteiger partial charge in [0.1, 0.15) is 17.8 Å². The standard InChI is InChI=1S/C20H23FN8OS/c1-11-7-26-20(31-11)28-17-6-16(13(9-24-17)19(23)30)27-15-4-5-29(10-14(15)21)18-3-2-12(22)8-25-18/h2-3,6-9,14-15H,4-5,10,22H2,1H3,(H2,23,30)(H2,24,26,27,28)/t14-,15+/m0/s1. The largest absolute Gasteiger partial charge is 0.397 e. The van der Waals surface area contributed by atoms with Gasteiger partial charge in [0.25, 0.3) is 5.91 Å². The van der Waals surface area contributed by atoms with Crippen molar-refractivity contribution in [2.75, 3.05) is 34.4 Å². The number of hydrogen-bond acceptors (Lipinski definition) is 9. The number of amides is 1. The number of pyridine rings is 2. The Balaban J connectivity index is 1.49. The van der Waals surface area contributed by atoms with Crippen molar-refractivity contribution in [3.8, 4) is 0 Å². The lowest BCUT2D eigenvalue weighted by Crippen LogP contribution is -2.48. The first-order valence-corrected chi connectivity index (χ1v) is 10.6. The van der Waals surface area contributed by atoms with Gasteiger partial charge in [-0.15, -0.1) is 11.3 Å². The van der Waals surface area contributed by atoms with Crippen LogP contribution < -0.4 is 27.0 Å². The summed E-state index contributed by atoms with van der Waals surface area (Å²) in [6.07, 6.45) is 4.03. The monoisotopic (exact) mass is 442 g/mol. The van der Waals surface area contributed by atoms with Crippen molar-refractivity contribution in [2.45, 2.75) is 25.6 Å². The van der Waals surface area contributed by atoms with E-state index in [1.54, 1.807) is 30.6 Å². The molecule has 1 amide bonds. The zero-order valence-electron chi connectivity index (χ0n) is 16.9. The van der Waals surface area contributed by atoms with Crippen molar-refractivity contribution in [2.24, 2.45) is 5.73 Å². The molecule has 31 heavy (non-hydrogen) atoms. The number of hydrogen-bond donors (Lipinski definition) is 4. The number of anilines is 5. The second-order valence-corrected chi connectivity index (χ2v) is 8.57. The molecule has 0 aliphatic carbocycles. The van der Waals surface area contributed by atoms with Crippen LogP contribution in [0.15, 0.2) is 36.8 Å². The Kier molecular flexibility index (Phi) is 5.85. The van der Waals surface area contributed by atoms with E-state index in [0.717, 1.165) is 4.88 Å². The van der Waals surface area contributed by atoms with Crippen molar-refractivity contribution in [3.05, 3.63) is 47.2 Å². The van der Waals surface area contributed by atoms with Gasteiger partial charge in [-0.1, -0.05) is 0 Å². The third kappa shape index (κ3) is 4.82. The maximum absolute atomic E-state index is 15.0. The van der Waals surface area contributed by atoms with E-state index in [-0.39, 0.29) is 12.1 Å². The molecule has 162 valence electrons. The van der Waals surface area contributed by atoms with E-state index in [4.69, 9.17) is 11.5 Å². The van der Waals surface area contributed by atoms with Gasteiger partial charge in [0, 0.05) is 29.9 Å². The van der Waals surface area contributed by atoms with Crippen LogP contribution in [0.25, 0.3) is 0 Å². The number of nitrogens with one attached hydrogen (secondary N) is 2. The van der Waals surface area contributed by atoms with E-state index >= 15 is 4.39 Å². The molecule has 0 aromatic carbocycles. The van der Waals surface area contributed by atoms with E-state index in [9.17, 15) is 4.79 Å². The zero-order valence-corrected chi connectivity index (χ0v) is 17.7. The van der Waals surface area contributed by atoms with Crippen LogP contribution in [0.2, 0.25) is 0 Å². The second-order valence-electron chi connectivity index (χ2n) is 7.33. The molecular weight excluding hydrogens is 419 g/mol. The van der Waals surface area contributed by atoms with E-state index in [1.165, 1.54) is 17.5 Å².